The molecule has 1 aliphatic carbocycles. The van der Waals surface area contributed by atoms with Gasteiger partial charge in [-0.25, -0.2) is 0 Å². The molecule has 1 saturated carbocycles. The summed E-state index contributed by atoms with van der Waals surface area (Å²) in [6, 6.07) is 0. The highest BCUT2D eigenvalue weighted by Gasteiger charge is 2.15. The second-order valence-corrected chi connectivity index (χ2v) is 4.59. The van der Waals surface area contributed by atoms with Crippen LogP contribution in [0.4, 0.5) is 0 Å². The van der Waals surface area contributed by atoms with Gasteiger partial charge in [-0.15, -0.1) is 0 Å². The fourth-order valence-electron chi connectivity index (χ4n) is 2.29. The molecule has 3 heteroatoms. The molecule has 0 amide bonds. The van der Waals surface area contributed by atoms with Crippen LogP contribution in [0.5, 0.6) is 0 Å². The predicted octanol–water partition coefficient (Wildman–Crippen LogP) is 2.06. The third kappa shape index (κ3) is 5.17. The molecule has 0 unspecified atom stereocenters. The molecule has 0 heterocycles. The first-order valence-corrected chi connectivity index (χ1v) is 5.97. The summed E-state index contributed by atoms with van der Waals surface area (Å²) in [6.07, 6.45) is 7.41. The van der Waals surface area contributed by atoms with Crippen LogP contribution in [-0.2, 0) is 9.53 Å². The van der Waals surface area contributed by atoms with E-state index in [2.05, 4.69) is 16.7 Å². The molecule has 0 aliphatic heterocycles. The Hall–Kier alpha value is -0.570. The smallest absolute Gasteiger partial charge is 0.306 e. The molecular weight excluding hydrogens is 190 g/mol. The van der Waals surface area contributed by atoms with Gasteiger partial charge in [-0.3, -0.25) is 4.79 Å². The third-order valence-corrected chi connectivity index (χ3v) is 3.22. The van der Waals surface area contributed by atoms with Crippen LogP contribution < -0.4 is 0 Å². The number of hydrogen-bond acceptors (Lipinski definition) is 3. The number of esters is 1. The number of nitrogens with zero attached hydrogens (tertiary/aromatic N) is 1. The minimum absolute atomic E-state index is 0.106. The Kier molecular flexibility index (Phi) is 5.69. The zero-order valence-corrected chi connectivity index (χ0v) is 10.00. The van der Waals surface area contributed by atoms with Gasteiger partial charge in [0.05, 0.1) is 13.5 Å². The van der Waals surface area contributed by atoms with Crippen LogP contribution in [-0.4, -0.2) is 38.1 Å². The Bertz CT molecular complexity index is 188. The van der Waals surface area contributed by atoms with E-state index in [1.54, 1.807) is 0 Å². The largest absolute Gasteiger partial charge is 0.469 e. The van der Waals surface area contributed by atoms with Crippen molar-refractivity contribution >= 4 is 5.97 Å². The molecule has 0 aromatic heterocycles. The van der Waals surface area contributed by atoms with Crippen molar-refractivity contribution < 1.29 is 9.53 Å². The molecule has 0 spiro atoms. The van der Waals surface area contributed by atoms with Crippen molar-refractivity contribution in [3.63, 3.8) is 0 Å². The fraction of sp³-hybridized carbons (Fsp3) is 0.917. The molecule has 3 nitrogen and oxygen atoms in total. The Morgan fingerprint density at radius 3 is 2.60 bits per heavy atom. The van der Waals surface area contributed by atoms with Crippen molar-refractivity contribution in [2.75, 3.05) is 27.2 Å². The van der Waals surface area contributed by atoms with Crippen molar-refractivity contribution in [3.8, 4) is 0 Å². The monoisotopic (exact) mass is 213 g/mol. The lowest BCUT2D eigenvalue weighted by atomic mass is 9.89. The molecule has 88 valence electrons. The van der Waals surface area contributed by atoms with Gasteiger partial charge in [-0.05, 0) is 25.8 Å². The molecule has 1 aliphatic rings. The van der Waals surface area contributed by atoms with Crippen molar-refractivity contribution in [1.82, 2.24) is 4.90 Å². The second kappa shape index (κ2) is 6.83. The maximum absolute atomic E-state index is 11.0. The lowest BCUT2D eigenvalue weighted by Gasteiger charge is -2.26. The van der Waals surface area contributed by atoms with Gasteiger partial charge < -0.3 is 9.64 Å². The number of rotatable bonds is 5. The molecule has 0 atom stereocenters. The highest BCUT2D eigenvalue weighted by molar-refractivity contribution is 5.69. The fourth-order valence-corrected chi connectivity index (χ4v) is 2.29. The highest BCUT2D eigenvalue weighted by atomic mass is 16.5. The van der Waals surface area contributed by atoms with E-state index >= 15 is 0 Å². The summed E-state index contributed by atoms with van der Waals surface area (Å²) in [7, 11) is 3.54. The summed E-state index contributed by atoms with van der Waals surface area (Å²) in [4.78, 5) is 13.2. The number of methoxy groups -OCH3 is 1. The first-order chi connectivity index (χ1) is 7.22. The molecule has 0 aromatic rings. The first-order valence-electron chi connectivity index (χ1n) is 5.97. The van der Waals surface area contributed by atoms with Crippen molar-refractivity contribution in [2.24, 2.45) is 5.92 Å². The van der Waals surface area contributed by atoms with Crippen molar-refractivity contribution in [2.45, 2.75) is 38.5 Å². The van der Waals surface area contributed by atoms with Gasteiger partial charge in [0.15, 0.2) is 0 Å². The quantitative estimate of drug-likeness (QED) is 0.655. The minimum atomic E-state index is -0.106. The van der Waals surface area contributed by atoms with E-state index in [1.165, 1.54) is 39.2 Å². The second-order valence-electron chi connectivity index (χ2n) is 4.59. The Morgan fingerprint density at radius 2 is 2.00 bits per heavy atom. The van der Waals surface area contributed by atoms with E-state index in [0.717, 1.165) is 19.0 Å². The maximum Gasteiger partial charge on any atom is 0.306 e. The van der Waals surface area contributed by atoms with Gasteiger partial charge in [-0.2, -0.15) is 0 Å². The van der Waals surface area contributed by atoms with Gasteiger partial charge >= 0.3 is 5.97 Å². The van der Waals surface area contributed by atoms with E-state index in [4.69, 9.17) is 0 Å². The molecule has 0 radical (unpaired) electrons. The summed E-state index contributed by atoms with van der Waals surface area (Å²) in [5, 5.41) is 0. The molecule has 15 heavy (non-hydrogen) atoms. The van der Waals surface area contributed by atoms with Crippen molar-refractivity contribution in [3.05, 3.63) is 0 Å². The van der Waals surface area contributed by atoms with Gasteiger partial charge in [0, 0.05) is 13.1 Å². The predicted molar refractivity (Wildman–Crippen MR) is 60.7 cm³/mol. The molecule has 1 fully saturated rings. The molecule has 0 N–H and O–H groups in total. The summed E-state index contributed by atoms with van der Waals surface area (Å²) in [5.41, 5.74) is 0. The maximum atomic E-state index is 11.0. The van der Waals surface area contributed by atoms with Crippen LogP contribution in [0, 0.1) is 5.92 Å². The number of ether oxygens (including phenoxy) is 1. The van der Waals surface area contributed by atoms with E-state index in [0.29, 0.717) is 6.42 Å². The number of carbonyl (C=O) groups is 1. The highest BCUT2D eigenvalue weighted by Crippen LogP contribution is 2.23. The van der Waals surface area contributed by atoms with Gasteiger partial charge in [-0.1, -0.05) is 19.3 Å². The van der Waals surface area contributed by atoms with Gasteiger partial charge in [0.25, 0.3) is 0 Å². The minimum Gasteiger partial charge on any atom is -0.469 e. The normalized spacial score (nSPS) is 18.1. The average Bonchev–Trinajstić information content (AvgIpc) is 2.27. The van der Waals surface area contributed by atoms with Crippen molar-refractivity contribution in [1.29, 1.82) is 0 Å². The van der Waals surface area contributed by atoms with Gasteiger partial charge in [0.2, 0.25) is 0 Å². The number of carbonyl (C=O) groups excluding carboxylic acids is 1. The van der Waals surface area contributed by atoms with Crippen LogP contribution in [0.15, 0.2) is 0 Å². The lowest BCUT2D eigenvalue weighted by molar-refractivity contribution is -0.140. The van der Waals surface area contributed by atoms with E-state index in [9.17, 15) is 4.79 Å². The van der Waals surface area contributed by atoms with Crippen LogP contribution >= 0.6 is 0 Å². The standard InChI is InChI=1S/C12H23NO2/c1-13(9-8-12(14)15-2)10-11-6-4-3-5-7-11/h11H,3-10H2,1-2H3. The zero-order chi connectivity index (χ0) is 11.1. The Morgan fingerprint density at radius 1 is 1.33 bits per heavy atom. The van der Waals surface area contributed by atoms with Crippen LogP contribution in [0.1, 0.15) is 38.5 Å². The first kappa shape index (κ1) is 12.5. The van der Waals surface area contributed by atoms with Gasteiger partial charge in [0.1, 0.15) is 0 Å². The Balaban J connectivity index is 2.11. The molecule has 0 aromatic carbocycles. The SMILES string of the molecule is COC(=O)CCN(C)CC1CCCCC1. The third-order valence-electron chi connectivity index (χ3n) is 3.22. The summed E-state index contributed by atoms with van der Waals surface area (Å²) in [5.74, 6) is 0.742. The summed E-state index contributed by atoms with van der Waals surface area (Å²) < 4.78 is 4.62. The summed E-state index contributed by atoms with van der Waals surface area (Å²) >= 11 is 0. The van der Waals surface area contributed by atoms with Crippen LogP contribution in [0.3, 0.4) is 0 Å². The molecule has 1 rings (SSSR count). The topological polar surface area (TPSA) is 29.5 Å². The Labute approximate surface area is 92.8 Å². The van der Waals surface area contributed by atoms with E-state index in [1.807, 2.05) is 0 Å². The lowest BCUT2D eigenvalue weighted by Crippen LogP contribution is -2.29. The van der Waals surface area contributed by atoms with E-state index < -0.39 is 0 Å². The molecular formula is C12H23NO2. The van der Waals surface area contributed by atoms with Crippen LogP contribution in [0.2, 0.25) is 0 Å². The summed E-state index contributed by atoms with van der Waals surface area (Å²) in [6.45, 7) is 1.96. The van der Waals surface area contributed by atoms with E-state index in [-0.39, 0.29) is 5.97 Å². The molecule has 0 bridgehead atoms. The zero-order valence-electron chi connectivity index (χ0n) is 10.00. The molecule has 0 saturated heterocycles. The van der Waals surface area contributed by atoms with Crippen LogP contribution in [0.25, 0.3) is 0 Å². The average molecular weight is 213 g/mol. The number of hydrogen-bond donors (Lipinski definition) is 0.